The maximum absolute atomic E-state index is 12.9. The van der Waals surface area contributed by atoms with Crippen LogP contribution in [-0.4, -0.2) is 35.7 Å². The molecule has 0 atom stereocenters. The molecule has 1 aromatic heterocycles. The van der Waals surface area contributed by atoms with Gasteiger partial charge in [0.15, 0.2) is 5.69 Å². The second-order valence-corrected chi connectivity index (χ2v) is 7.23. The summed E-state index contributed by atoms with van der Waals surface area (Å²) in [5.41, 5.74) is 6.72. The normalized spacial score (nSPS) is 11.3. The van der Waals surface area contributed by atoms with E-state index in [0.29, 0.717) is 6.54 Å². The van der Waals surface area contributed by atoms with Crippen molar-refractivity contribution in [2.75, 3.05) is 30.9 Å². The van der Waals surface area contributed by atoms with Crippen molar-refractivity contribution < 1.29 is 9.53 Å². The molecule has 0 spiro atoms. The van der Waals surface area contributed by atoms with E-state index < -0.39 is 17.2 Å². The fourth-order valence-electron chi connectivity index (χ4n) is 2.93. The predicted molar refractivity (Wildman–Crippen MR) is 115 cm³/mol. The number of aromatic nitrogens is 2. The summed E-state index contributed by atoms with van der Waals surface area (Å²) in [6, 6.07) is 7.67. The molecule has 0 saturated heterocycles. The Balaban J connectivity index is 2.47. The van der Waals surface area contributed by atoms with E-state index in [1.165, 1.54) is 22.7 Å². The van der Waals surface area contributed by atoms with Crippen LogP contribution in [0.3, 0.4) is 0 Å². The molecule has 2 rings (SSSR count). The molecule has 3 N–H and O–H groups in total. The van der Waals surface area contributed by atoms with Gasteiger partial charge in [-0.1, -0.05) is 43.7 Å². The number of ether oxygens (including phenoxy) is 1. The van der Waals surface area contributed by atoms with E-state index in [-0.39, 0.29) is 30.6 Å². The summed E-state index contributed by atoms with van der Waals surface area (Å²) >= 11 is 0. The van der Waals surface area contributed by atoms with Crippen molar-refractivity contribution in [2.45, 2.75) is 27.3 Å². The largest absolute Gasteiger partial charge is 0.383 e. The van der Waals surface area contributed by atoms with Crippen LogP contribution < -0.4 is 21.9 Å². The van der Waals surface area contributed by atoms with Gasteiger partial charge in [-0.05, 0) is 24.5 Å². The van der Waals surface area contributed by atoms with E-state index in [4.69, 9.17) is 10.5 Å². The number of carbonyl (C=O) groups is 1. The van der Waals surface area contributed by atoms with E-state index in [2.05, 4.69) is 4.98 Å². The molecule has 0 aliphatic carbocycles. The third-order valence-electron chi connectivity index (χ3n) is 4.28. The van der Waals surface area contributed by atoms with Crippen molar-refractivity contribution in [3.05, 3.63) is 62.3 Å². The Bertz CT molecular complexity index is 1000. The van der Waals surface area contributed by atoms with E-state index in [0.717, 1.165) is 11.1 Å². The second-order valence-electron chi connectivity index (χ2n) is 7.23. The lowest BCUT2D eigenvalue weighted by Gasteiger charge is -2.23. The molecule has 1 heterocycles. The standard InChI is InChI=1S/C21H28N4O4/c1-14(2)13-25-19(22)18(20(27)23-21(25)28)24(10-11-29-4)17(26)9-8-16-7-5-6-15(3)12-16/h5-9,12,14H,10-11,13,22H2,1-4H3,(H,23,27,28)/b9-8+. The highest BCUT2D eigenvalue weighted by Crippen LogP contribution is 2.18. The minimum Gasteiger partial charge on any atom is -0.383 e. The Morgan fingerprint density at radius 3 is 2.69 bits per heavy atom. The number of aromatic amines is 1. The lowest BCUT2D eigenvalue weighted by molar-refractivity contribution is -0.114. The summed E-state index contributed by atoms with van der Waals surface area (Å²) in [5, 5.41) is 0. The van der Waals surface area contributed by atoms with Crippen LogP contribution in [0, 0.1) is 12.8 Å². The maximum Gasteiger partial charge on any atom is 0.330 e. The number of nitrogens with two attached hydrogens (primary N) is 1. The number of amides is 1. The highest BCUT2D eigenvalue weighted by molar-refractivity contribution is 6.05. The number of hydrogen-bond acceptors (Lipinski definition) is 5. The molecule has 0 saturated carbocycles. The Morgan fingerprint density at radius 1 is 1.34 bits per heavy atom. The van der Waals surface area contributed by atoms with Gasteiger partial charge < -0.3 is 10.5 Å². The average Bonchev–Trinajstić information content (AvgIpc) is 2.65. The molecule has 0 bridgehead atoms. The minimum atomic E-state index is -0.707. The quantitative estimate of drug-likeness (QED) is 0.656. The zero-order valence-electron chi connectivity index (χ0n) is 17.3. The molecule has 8 heteroatoms. The average molecular weight is 400 g/mol. The lowest BCUT2D eigenvalue weighted by atomic mass is 10.1. The summed E-state index contributed by atoms with van der Waals surface area (Å²) in [5.74, 6) is -0.352. The van der Waals surface area contributed by atoms with Gasteiger partial charge in [0.2, 0.25) is 0 Å². The number of anilines is 2. The molecule has 0 radical (unpaired) electrons. The molecular weight excluding hydrogens is 372 g/mol. The van der Waals surface area contributed by atoms with E-state index in [1.54, 1.807) is 6.08 Å². The first-order valence-electron chi connectivity index (χ1n) is 9.42. The molecule has 8 nitrogen and oxygen atoms in total. The smallest absolute Gasteiger partial charge is 0.330 e. The summed E-state index contributed by atoms with van der Waals surface area (Å²) in [4.78, 5) is 41.1. The number of carbonyl (C=O) groups excluding carboxylic acids is 1. The molecule has 29 heavy (non-hydrogen) atoms. The van der Waals surface area contributed by atoms with Crippen molar-refractivity contribution in [2.24, 2.45) is 5.92 Å². The first-order chi connectivity index (χ1) is 13.7. The van der Waals surface area contributed by atoms with Crippen molar-refractivity contribution in [1.82, 2.24) is 9.55 Å². The van der Waals surface area contributed by atoms with Crippen LogP contribution in [0.2, 0.25) is 0 Å². The third kappa shape index (κ3) is 5.68. The summed E-state index contributed by atoms with van der Waals surface area (Å²) in [6.45, 7) is 6.44. The fourth-order valence-corrected chi connectivity index (χ4v) is 2.93. The summed E-state index contributed by atoms with van der Waals surface area (Å²) in [7, 11) is 1.50. The van der Waals surface area contributed by atoms with Gasteiger partial charge in [-0.3, -0.25) is 24.0 Å². The van der Waals surface area contributed by atoms with Gasteiger partial charge in [-0.25, -0.2) is 4.79 Å². The van der Waals surface area contributed by atoms with Crippen LogP contribution in [0.5, 0.6) is 0 Å². The van der Waals surface area contributed by atoms with Crippen molar-refractivity contribution in [3.8, 4) is 0 Å². The topological polar surface area (TPSA) is 110 Å². The second kappa shape index (κ2) is 9.88. The molecule has 1 aromatic carbocycles. The van der Waals surface area contributed by atoms with Crippen molar-refractivity contribution >= 4 is 23.5 Å². The third-order valence-corrected chi connectivity index (χ3v) is 4.28. The molecule has 0 aliphatic rings. The van der Waals surface area contributed by atoms with Gasteiger partial charge in [0.25, 0.3) is 11.5 Å². The number of nitrogens with zero attached hydrogens (tertiary/aromatic N) is 2. The number of benzene rings is 1. The van der Waals surface area contributed by atoms with Gasteiger partial charge >= 0.3 is 5.69 Å². The van der Waals surface area contributed by atoms with Gasteiger partial charge in [-0.2, -0.15) is 0 Å². The van der Waals surface area contributed by atoms with E-state index in [9.17, 15) is 14.4 Å². The number of H-pyrrole nitrogens is 1. The van der Waals surface area contributed by atoms with Gasteiger partial charge in [-0.15, -0.1) is 0 Å². The number of methoxy groups -OCH3 is 1. The molecule has 1 amide bonds. The van der Waals surface area contributed by atoms with Crippen LogP contribution in [0.25, 0.3) is 6.08 Å². The SMILES string of the molecule is COCCN(C(=O)/C=C/c1cccc(C)c1)c1c(N)n(CC(C)C)c(=O)[nH]c1=O. The Kier molecular flexibility index (Phi) is 7.55. The summed E-state index contributed by atoms with van der Waals surface area (Å²) in [6.07, 6.45) is 3.05. The number of nitrogen functional groups attached to an aromatic ring is 1. The van der Waals surface area contributed by atoms with Gasteiger partial charge in [0.1, 0.15) is 5.82 Å². The first-order valence-corrected chi connectivity index (χ1v) is 9.42. The van der Waals surface area contributed by atoms with Crippen LogP contribution in [0.15, 0.2) is 39.9 Å². The van der Waals surface area contributed by atoms with Gasteiger partial charge in [0, 0.05) is 26.3 Å². The highest BCUT2D eigenvalue weighted by Gasteiger charge is 2.23. The lowest BCUT2D eigenvalue weighted by Crippen LogP contribution is -2.42. The van der Waals surface area contributed by atoms with Crippen LogP contribution in [-0.2, 0) is 16.1 Å². The van der Waals surface area contributed by atoms with Crippen molar-refractivity contribution in [1.29, 1.82) is 0 Å². The summed E-state index contributed by atoms with van der Waals surface area (Å²) < 4.78 is 6.36. The predicted octanol–water partition coefficient (Wildman–Crippen LogP) is 1.78. The first kappa shape index (κ1) is 22.2. The zero-order valence-corrected chi connectivity index (χ0v) is 17.3. The Labute approximate surface area is 169 Å². The molecule has 0 unspecified atom stereocenters. The highest BCUT2D eigenvalue weighted by atomic mass is 16.5. The number of rotatable bonds is 8. The van der Waals surface area contributed by atoms with Crippen LogP contribution in [0.4, 0.5) is 11.5 Å². The molecule has 0 aliphatic heterocycles. The maximum atomic E-state index is 12.9. The van der Waals surface area contributed by atoms with Crippen LogP contribution >= 0.6 is 0 Å². The minimum absolute atomic E-state index is 0.0409. The van der Waals surface area contributed by atoms with Crippen LogP contribution in [0.1, 0.15) is 25.0 Å². The Hall–Kier alpha value is -3.13. The molecule has 156 valence electrons. The monoisotopic (exact) mass is 400 g/mol. The molecule has 2 aromatic rings. The van der Waals surface area contributed by atoms with E-state index >= 15 is 0 Å². The number of nitrogens with one attached hydrogen (secondary N) is 1. The number of aryl methyl sites for hydroxylation is 1. The zero-order chi connectivity index (χ0) is 21.6. The number of hydrogen-bond donors (Lipinski definition) is 2. The van der Waals surface area contributed by atoms with E-state index in [1.807, 2.05) is 45.0 Å². The molecular formula is C21H28N4O4. The molecule has 0 fully saturated rings. The van der Waals surface area contributed by atoms with Crippen molar-refractivity contribution in [3.63, 3.8) is 0 Å². The Morgan fingerprint density at radius 2 is 2.07 bits per heavy atom. The fraction of sp³-hybridized carbons (Fsp3) is 0.381. The van der Waals surface area contributed by atoms with Gasteiger partial charge in [0.05, 0.1) is 6.61 Å².